The zero-order valence-electron chi connectivity index (χ0n) is 11.7. The van der Waals surface area contributed by atoms with Crippen LogP contribution in [0.4, 0.5) is 4.79 Å². The third-order valence-electron chi connectivity index (χ3n) is 3.01. The van der Waals surface area contributed by atoms with Crippen molar-refractivity contribution in [3.05, 3.63) is 71.8 Å². The summed E-state index contributed by atoms with van der Waals surface area (Å²) in [5.41, 5.74) is 1.96. The highest BCUT2D eigenvalue weighted by Crippen LogP contribution is 2.03. The molecule has 1 atom stereocenters. The maximum atomic E-state index is 11.5. The van der Waals surface area contributed by atoms with Gasteiger partial charge in [-0.2, -0.15) is 0 Å². The molecule has 2 N–H and O–H groups in total. The second-order valence-electron chi connectivity index (χ2n) is 4.79. The lowest BCUT2D eigenvalue weighted by molar-refractivity contribution is 0.125. The molecular formula is C17H19NO3. The summed E-state index contributed by atoms with van der Waals surface area (Å²) in [6, 6.07) is 19.1. The SMILES string of the molecule is O=C(NC[C@H](O)Cc1ccccc1)OCc1ccccc1. The summed E-state index contributed by atoms with van der Waals surface area (Å²) in [7, 11) is 0. The molecule has 0 saturated carbocycles. The number of ether oxygens (including phenoxy) is 1. The molecule has 0 bridgehead atoms. The zero-order chi connectivity index (χ0) is 14.9. The van der Waals surface area contributed by atoms with E-state index in [2.05, 4.69) is 5.32 Å². The van der Waals surface area contributed by atoms with Gasteiger partial charge in [-0.05, 0) is 11.1 Å². The highest BCUT2D eigenvalue weighted by molar-refractivity contribution is 5.67. The quantitative estimate of drug-likeness (QED) is 0.857. The van der Waals surface area contributed by atoms with Crippen molar-refractivity contribution in [1.29, 1.82) is 0 Å². The summed E-state index contributed by atoms with van der Waals surface area (Å²) in [5, 5.41) is 12.4. The molecule has 4 nitrogen and oxygen atoms in total. The van der Waals surface area contributed by atoms with Gasteiger partial charge in [-0.25, -0.2) is 4.79 Å². The van der Waals surface area contributed by atoms with Gasteiger partial charge >= 0.3 is 6.09 Å². The van der Waals surface area contributed by atoms with Gasteiger partial charge in [0.15, 0.2) is 0 Å². The van der Waals surface area contributed by atoms with Crippen LogP contribution >= 0.6 is 0 Å². The van der Waals surface area contributed by atoms with E-state index in [-0.39, 0.29) is 13.2 Å². The van der Waals surface area contributed by atoms with Crippen molar-refractivity contribution in [2.75, 3.05) is 6.54 Å². The van der Waals surface area contributed by atoms with Gasteiger partial charge in [0.05, 0.1) is 6.10 Å². The monoisotopic (exact) mass is 285 g/mol. The molecule has 0 aliphatic carbocycles. The molecule has 21 heavy (non-hydrogen) atoms. The lowest BCUT2D eigenvalue weighted by Crippen LogP contribution is -2.33. The highest BCUT2D eigenvalue weighted by atomic mass is 16.5. The first-order chi connectivity index (χ1) is 10.2. The summed E-state index contributed by atoms with van der Waals surface area (Å²) >= 11 is 0. The van der Waals surface area contributed by atoms with E-state index in [4.69, 9.17) is 4.74 Å². The zero-order valence-corrected chi connectivity index (χ0v) is 11.7. The Morgan fingerprint density at radius 3 is 2.19 bits per heavy atom. The van der Waals surface area contributed by atoms with Crippen LogP contribution in [0.3, 0.4) is 0 Å². The van der Waals surface area contributed by atoms with Gasteiger partial charge in [0, 0.05) is 13.0 Å². The third kappa shape index (κ3) is 5.67. The Kier molecular flexibility index (Phi) is 5.79. The van der Waals surface area contributed by atoms with E-state index < -0.39 is 12.2 Å². The fraction of sp³-hybridized carbons (Fsp3) is 0.235. The van der Waals surface area contributed by atoms with Crippen molar-refractivity contribution in [3.8, 4) is 0 Å². The number of amides is 1. The van der Waals surface area contributed by atoms with Crippen LogP contribution in [0.15, 0.2) is 60.7 Å². The normalized spacial score (nSPS) is 11.7. The second kappa shape index (κ2) is 8.07. The molecule has 2 aromatic carbocycles. The fourth-order valence-corrected chi connectivity index (χ4v) is 1.93. The minimum atomic E-state index is -0.628. The van der Waals surface area contributed by atoms with Gasteiger partial charge in [-0.3, -0.25) is 0 Å². The number of aliphatic hydroxyl groups excluding tert-OH is 1. The van der Waals surface area contributed by atoms with Gasteiger partial charge in [-0.15, -0.1) is 0 Å². The number of carbonyl (C=O) groups excluding carboxylic acids is 1. The van der Waals surface area contributed by atoms with E-state index in [0.29, 0.717) is 6.42 Å². The number of nitrogens with one attached hydrogen (secondary N) is 1. The Hall–Kier alpha value is -2.33. The number of rotatable bonds is 6. The smallest absolute Gasteiger partial charge is 0.407 e. The van der Waals surface area contributed by atoms with Crippen LogP contribution in [0, 0.1) is 0 Å². The first-order valence-electron chi connectivity index (χ1n) is 6.90. The Labute approximate surface area is 124 Å². The van der Waals surface area contributed by atoms with Crippen molar-refractivity contribution < 1.29 is 14.6 Å². The first kappa shape index (κ1) is 15.1. The summed E-state index contributed by atoms with van der Waals surface area (Å²) in [6.45, 7) is 0.393. The second-order valence-corrected chi connectivity index (χ2v) is 4.79. The molecule has 1 amide bonds. The Balaban J connectivity index is 1.66. The molecule has 0 aliphatic rings. The Morgan fingerprint density at radius 1 is 1.00 bits per heavy atom. The van der Waals surface area contributed by atoms with Gasteiger partial charge in [-0.1, -0.05) is 60.7 Å². The lowest BCUT2D eigenvalue weighted by atomic mass is 10.1. The predicted molar refractivity (Wildman–Crippen MR) is 80.8 cm³/mol. The van der Waals surface area contributed by atoms with E-state index in [1.807, 2.05) is 60.7 Å². The number of hydrogen-bond acceptors (Lipinski definition) is 3. The van der Waals surface area contributed by atoms with E-state index in [9.17, 15) is 9.90 Å². The standard InChI is InChI=1S/C17H19NO3/c19-16(11-14-7-3-1-4-8-14)12-18-17(20)21-13-15-9-5-2-6-10-15/h1-10,16,19H,11-13H2,(H,18,20)/t16-/m1/s1. The van der Waals surface area contributed by atoms with E-state index in [1.54, 1.807) is 0 Å². The van der Waals surface area contributed by atoms with Gasteiger partial charge in [0.1, 0.15) is 6.61 Å². The Bertz CT molecular complexity index is 542. The maximum absolute atomic E-state index is 11.5. The maximum Gasteiger partial charge on any atom is 0.407 e. The largest absolute Gasteiger partial charge is 0.445 e. The molecule has 0 fully saturated rings. The van der Waals surface area contributed by atoms with Crippen molar-refractivity contribution in [2.45, 2.75) is 19.1 Å². The van der Waals surface area contributed by atoms with Crippen molar-refractivity contribution in [1.82, 2.24) is 5.32 Å². The molecular weight excluding hydrogens is 266 g/mol. The van der Waals surface area contributed by atoms with Crippen molar-refractivity contribution in [2.24, 2.45) is 0 Å². The molecule has 110 valence electrons. The molecule has 0 radical (unpaired) electrons. The summed E-state index contributed by atoms with van der Waals surface area (Å²) < 4.78 is 5.07. The number of benzene rings is 2. The van der Waals surface area contributed by atoms with Crippen LogP contribution in [0.1, 0.15) is 11.1 Å². The minimum absolute atomic E-state index is 0.169. The molecule has 0 spiro atoms. The van der Waals surface area contributed by atoms with E-state index >= 15 is 0 Å². The molecule has 0 aromatic heterocycles. The van der Waals surface area contributed by atoms with Gasteiger partial charge in [0.2, 0.25) is 0 Å². The Morgan fingerprint density at radius 2 is 1.57 bits per heavy atom. The van der Waals surface area contributed by atoms with Crippen LogP contribution in [0.25, 0.3) is 0 Å². The van der Waals surface area contributed by atoms with Crippen LogP contribution in [0.2, 0.25) is 0 Å². The van der Waals surface area contributed by atoms with E-state index in [1.165, 1.54) is 0 Å². The number of alkyl carbamates (subject to hydrolysis) is 1. The summed E-state index contributed by atoms with van der Waals surface area (Å²) in [4.78, 5) is 11.5. The van der Waals surface area contributed by atoms with Crippen LogP contribution in [-0.2, 0) is 17.8 Å². The fourth-order valence-electron chi connectivity index (χ4n) is 1.93. The van der Waals surface area contributed by atoms with Crippen molar-refractivity contribution in [3.63, 3.8) is 0 Å². The van der Waals surface area contributed by atoms with Crippen LogP contribution < -0.4 is 5.32 Å². The van der Waals surface area contributed by atoms with Gasteiger partial charge in [0.25, 0.3) is 0 Å². The highest BCUT2D eigenvalue weighted by Gasteiger charge is 2.08. The lowest BCUT2D eigenvalue weighted by Gasteiger charge is -2.12. The molecule has 4 heteroatoms. The average molecular weight is 285 g/mol. The van der Waals surface area contributed by atoms with Crippen molar-refractivity contribution >= 4 is 6.09 Å². The number of carbonyl (C=O) groups is 1. The molecule has 0 aliphatic heterocycles. The number of hydrogen-bond donors (Lipinski definition) is 2. The third-order valence-corrected chi connectivity index (χ3v) is 3.01. The van der Waals surface area contributed by atoms with Crippen LogP contribution in [-0.4, -0.2) is 23.8 Å². The average Bonchev–Trinajstić information content (AvgIpc) is 2.53. The summed E-state index contributed by atoms with van der Waals surface area (Å²) in [5.74, 6) is 0. The molecule has 2 aromatic rings. The minimum Gasteiger partial charge on any atom is -0.445 e. The topological polar surface area (TPSA) is 58.6 Å². The number of aliphatic hydroxyl groups is 1. The molecule has 0 heterocycles. The molecule has 0 unspecified atom stereocenters. The molecule has 2 rings (SSSR count). The molecule has 0 saturated heterocycles. The predicted octanol–water partition coefficient (Wildman–Crippen LogP) is 2.52. The first-order valence-corrected chi connectivity index (χ1v) is 6.90. The van der Waals surface area contributed by atoms with Crippen LogP contribution in [0.5, 0.6) is 0 Å². The summed E-state index contributed by atoms with van der Waals surface area (Å²) in [6.07, 6.45) is -0.651. The van der Waals surface area contributed by atoms with E-state index in [0.717, 1.165) is 11.1 Å². The van der Waals surface area contributed by atoms with Gasteiger partial charge < -0.3 is 15.2 Å².